The zero-order valence-electron chi connectivity index (χ0n) is 14.8. The second kappa shape index (κ2) is 7.79. The van der Waals surface area contributed by atoms with Crippen molar-refractivity contribution in [3.8, 4) is 0 Å². The van der Waals surface area contributed by atoms with Crippen molar-refractivity contribution in [2.24, 2.45) is 5.92 Å². The number of hydrogen-bond donors (Lipinski definition) is 3. The van der Waals surface area contributed by atoms with Gasteiger partial charge in [-0.3, -0.25) is 9.59 Å². The lowest BCUT2D eigenvalue weighted by Gasteiger charge is -2.30. The van der Waals surface area contributed by atoms with Crippen LogP contribution in [0.15, 0.2) is 24.3 Å². The number of aliphatic hydroxyl groups excluding tert-OH is 1. The number of rotatable bonds is 3. The van der Waals surface area contributed by atoms with Gasteiger partial charge in [-0.2, -0.15) is 0 Å². The van der Waals surface area contributed by atoms with E-state index in [0.29, 0.717) is 5.69 Å². The molecule has 0 spiro atoms. The molecular weight excluding hydrogens is 304 g/mol. The minimum atomic E-state index is -0.666. The maximum atomic E-state index is 12.1. The molecule has 1 aliphatic rings. The molecule has 1 fully saturated rings. The predicted octanol–water partition coefficient (Wildman–Crippen LogP) is 2.59. The minimum Gasteiger partial charge on any atom is -0.396 e. The molecule has 2 unspecified atom stereocenters. The second-order valence-corrected chi connectivity index (χ2v) is 7.59. The molecule has 0 aromatic heterocycles. The van der Waals surface area contributed by atoms with Crippen molar-refractivity contribution in [3.63, 3.8) is 0 Å². The first-order valence-electron chi connectivity index (χ1n) is 8.64. The van der Waals surface area contributed by atoms with E-state index in [-0.39, 0.29) is 24.0 Å². The molecule has 2 atom stereocenters. The van der Waals surface area contributed by atoms with E-state index in [1.165, 1.54) is 0 Å². The Kier molecular flexibility index (Phi) is 5.99. The fourth-order valence-electron chi connectivity index (χ4n) is 3.09. The number of nitrogens with one attached hydrogen (secondary N) is 2. The third-order valence-electron chi connectivity index (χ3n) is 4.68. The number of benzene rings is 1. The first-order chi connectivity index (χ1) is 11.3. The van der Waals surface area contributed by atoms with Crippen LogP contribution in [0.1, 0.15) is 52.0 Å². The molecule has 1 aromatic rings. The summed E-state index contributed by atoms with van der Waals surface area (Å²) in [6.07, 6.45) is 3.77. The predicted molar refractivity (Wildman–Crippen MR) is 94.7 cm³/mol. The summed E-state index contributed by atoms with van der Waals surface area (Å²) in [6, 6.07) is 7.41. The largest absolute Gasteiger partial charge is 0.396 e. The van der Waals surface area contributed by atoms with E-state index >= 15 is 0 Å². The van der Waals surface area contributed by atoms with Crippen LogP contribution in [0.25, 0.3) is 0 Å². The van der Waals surface area contributed by atoms with Gasteiger partial charge in [0.15, 0.2) is 0 Å². The number of hydrogen-bond acceptors (Lipinski definition) is 3. The van der Waals surface area contributed by atoms with Crippen LogP contribution in [0.2, 0.25) is 0 Å². The summed E-state index contributed by atoms with van der Waals surface area (Å²) in [4.78, 5) is 24.2. The quantitative estimate of drug-likeness (QED) is 0.745. The average Bonchev–Trinajstić information content (AvgIpc) is 2.55. The molecule has 0 bridgehead atoms. The molecular formula is C19H28N2O3. The Morgan fingerprint density at radius 3 is 2.29 bits per heavy atom. The van der Waals surface area contributed by atoms with E-state index in [1.807, 2.05) is 24.3 Å². The SMILES string of the molecule is CC(C)(C)c1ccc(NC(=O)C(=O)NC2CCCCC2CO)cc1. The molecule has 0 radical (unpaired) electrons. The van der Waals surface area contributed by atoms with Crippen LogP contribution in [0.3, 0.4) is 0 Å². The van der Waals surface area contributed by atoms with Crippen LogP contribution >= 0.6 is 0 Å². The van der Waals surface area contributed by atoms with Crippen molar-refractivity contribution < 1.29 is 14.7 Å². The Bertz CT molecular complexity index is 575. The number of aliphatic hydroxyl groups is 1. The molecule has 0 saturated heterocycles. The molecule has 132 valence electrons. The summed E-state index contributed by atoms with van der Waals surface area (Å²) < 4.78 is 0. The van der Waals surface area contributed by atoms with Crippen molar-refractivity contribution in [1.82, 2.24) is 5.32 Å². The fraction of sp³-hybridized carbons (Fsp3) is 0.579. The smallest absolute Gasteiger partial charge is 0.313 e. The van der Waals surface area contributed by atoms with E-state index in [1.54, 1.807) is 0 Å². The summed E-state index contributed by atoms with van der Waals surface area (Å²) in [5.41, 5.74) is 1.81. The first kappa shape index (κ1) is 18.5. The van der Waals surface area contributed by atoms with E-state index in [4.69, 9.17) is 0 Å². The van der Waals surface area contributed by atoms with Crippen LogP contribution in [0.4, 0.5) is 5.69 Å². The standard InChI is InChI=1S/C19H28N2O3/c1-19(2,3)14-8-10-15(11-9-14)20-17(23)18(24)21-16-7-5-4-6-13(16)12-22/h8-11,13,16,22H,4-7,12H2,1-3H3,(H,20,23)(H,21,24). The number of amides is 2. The summed E-state index contributed by atoms with van der Waals surface area (Å²) in [6.45, 7) is 6.40. The fourth-order valence-corrected chi connectivity index (χ4v) is 3.09. The van der Waals surface area contributed by atoms with Gasteiger partial charge in [0.2, 0.25) is 0 Å². The molecule has 1 aliphatic carbocycles. The van der Waals surface area contributed by atoms with Gasteiger partial charge in [-0.1, -0.05) is 45.7 Å². The van der Waals surface area contributed by atoms with Gasteiger partial charge >= 0.3 is 11.8 Å². The summed E-state index contributed by atoms with van der Waals surface area (Å²) in [7, 11) is 0. The molecule has 0 aliphatic heterocycles. The van der Waals surface area contributed by atoms with E-state index in [2.05, 4.69) is 31.4 Å². The van der Waals surface area contributed by atoms with Gasteiger partial charge in [-0.25, -0.2) is 0 Å². The van der Waals surface area contributed by atoms with Crippen LogP contribution < -0.4 is 10.6 Å². The molecule has 24 heavy (non-hydrogen) atoms. The third-order valence-corrected chi connectivity index (χ3v) is 4.68. The number of anilines is 1. The van der Waals surface area contributed by atoms with Crippen LogP contribution in [-0.2, 0) is 15.0 Å². The van der Waals surface area contributed by atoms with Gasteiger partial charge in [-0.15, -0.1) is 0 Å². The summed E-state index contributed by atoms with van der Waals surface area (Å²) in [5.74, 6) is -1.26. The highest BCUT2D eigenvalue weighted by Crippen LogP contribution is 2.24. The number of carbonyl (C=O) groups is 2. The lowest BCUT2D eigenvalue weighted by Crippen LogP contribution is -2.47. The maximum Gasteiger partial charge on any atom is 0.313 e. The average molecular weight is 332 g/mol. The lowest BCUT2D eigenvalue weighted by molar-refractivity contribution is -0.137. The third kappa shape index (κ3) is 4.81. The molecule has 0 heterocycles. The van der Waals surface area contributed by atoms with E-state index < -0.39 is 11.8 Å². The van der Waals surface area contributed by atoms with Gasteiger partial charge < -0.3 is 15.7 Å². The summed E-state index contributed by atoms with van der Waals surface area (Å²) in [5, 5.41) is 14.8. The molecule has 5 nitrogen and oxygen atoms in total. The highest BCUT2D eigenvalue weighted by molar-refractivity contribution is 6.39. The Morgan fingerprint density at radius 2 is 1.71 bits per heavy atom. The minimum absolute atomic E-state index is 0.0419. The molecule has 1 saturated carbocycles. The Balaban J connectivity index is 1.92. The van der Waals surface area contributed by atoms with Gasteiger partial charge in [0, 0.05) is 24.3 Å². The zero-order chi connectivity index (χ0) is 17.7. The van der Waals surface area contributed by atoms with Gasteiger partial charge in [0.05, 0.1) is 0 Å². The highest BCUT2D eigenvalue weighted by atomic mass is 16.3. The normalized spacial score (nSPS) is 21.2. The van der Waals surface area contributed by atoms with Crippen LogP contribution in [0, 0.1) is 5.92 Å². The molecule has 5 heteroatoms. The summed E-state index contributed by atoms with van der Waals surface area (Å²) >= 11 is 0. The lowest BCUT2D eigenvalue weighted by atomic mass is 9.85. The zero-order valence-corrected chi connectivity index (χ0v) is 14.8. The monoisotopic (exact) mass is 332 g/mol. The van der Waals surface area contributed by atoms with Crippen LogP contribution in [0.5, 0.6) is 0 Å². The Labute approximate surface area is 143 Å². The Hall–Kier alpha value is -1.88. The van der Waals surface area contributed by atoms with Crippen molar-refractivity contribution in [3.05, 3.63) is 29.8 Å². The van der Waals surface area contributed by atoms with Gasteiger partial charge in [0.25, 0.3) is 0 Å². The Morgan fingerprint density at radius 1 is 1.08 bits per heavy atom. The highest BCUT2D eigenvalue weighted by Gasteiger charge is 2.27. The van der Waals surface area contributed by atoms with Crippen molar-refractivity contribution in [2.45, 2.75) is 57.9 Å². The van der Waals surface area contributed by atoms with Crippen molar-refractivity contribution >= 4 is 17.5 Å². The van der Waals surface area contributed by atoms with Crippen molar-refractivity contribution in [2.75, 3.05) is 11.9 Å². The topological polar surface area (TPSA) is 78.4 Å². The van der Waals surface area contributed by atoms with Crippen LogP contribution in [-0.4, -0.2) is 29.6 Å². The molecule has 2 rings (SSSR count). The van der Waals surface area contributed by atoms with E-state index in [0.717, 1.165) is 31.2 Å². The molecule has 1 aromatic carbocycles. The molecule has 3 N–H and O–H groups in total. The first-order valence-corrected chi connectivity index (χ1v) is 8.64. The number of carbonyl (C=O) groups excluding carboxylic acids is 2. The second-order valence-electron chi connectivity index (χ2n) is 7.59. The van der Waals surface area contributed by atoms with Crippen molar-refractivity contribution in [1.29, 1.82) is 0 Å². The van der Waals surface area contributed by atoms with Gasteiger partial charge in [0.1, 0.15) is 0 Å². The maximum absolute atomic E-state index is 12.1. The van der Waals surface area contributed by atoms with E-state index in [9.17, 15) is 14.7 Å². The van der Waals surface area contributed by atoms with Gasteiger partial charge in [-0.05, 0) is 36.0 Å². The molecule has 2 amide bonds.